The number of rotatable bonds is 18. The van der Waals surface area contributed by atoms with Crippen LogP contribution < -0.4 is 21.3 Å². The number of aliphatic hydroxyl groups is 2. The first-order chi connectivity index (χ1) is 42.6. The summed E-state index contributed by atoms with van der Waals surface area (Å²) in [6, 6.07) is -12.3. The average Bonchev–Trinajstić information content (AvgIpc) is 0.884. The van der Waals surface area contributed by atoms with E-state index >= 15 is 14.4 Å². The second kappa shape index (κ2) is 37.8. The van der Waals surface area contributed by atoms with Gasteiger partial charge in [-0.3, -0.25) is 52.8 Å². The minimum Gasteiger partial charge on any atom is -0.450 e. The number of hydrogen-bond acceptors (Lipinski definition) is 16. The largest absolute Gasteiger partial charge is 0.450 e. The molecule has 26 heteroatoms. The maximum Gasteiger partial charge on any atom is 0.329 e. The molecular weight excluding hydrogens is 1190 g/mol. The Morgan fingerprint density at radius 1 is 0.467 bits per heavy atom. The fourth-order valence-corrected chi connectivity index (χ4v) is 11.7. The van der Waals surface area contributed by atoms with E-state index in [1.54, 1.807) is 34.6 Å². The highest BCUT2D eigenvalue weighted by molar-refractivity contribution is 5.99. The molecule has 0 bridgehead atoms. The molecule has 92 heavy (non-hydrogen) atoms. The Balaban J connectivity index is 3.02. The average molecular weight is 1310 g/mol. The fraction of sp³-hybridized carbons (Fsp3) is 0.833. The van der Waals surface area contributed by atoms with Crippen LogP contribution in [0.2, 0.25) is 0 Å². The van der Waals surface area contributed by atoms with E-state index in [4.69, 9.17) is 9.47 Å². The molecule has 2 aliphatic rings. The van der Waals surface area contributed by atoms with Crippen molar-refractivity contribution in [3.8, 4) is 0 Å². The molecular formula is C66H119N11O15. The molecule has 2 unspecified atom stereocenters. The molecule has 2 saturated heterocycles. The third-order valence-electron chi connectivity index (χ3n) is 17.3. The summed E-state index contributed by atoms with van der Waals surface area (Å²) in [4.78, 5) is 171. The van der Waals surface area contributed by atoms with Crippen molar-refractivity contribution in [2.24, 2.45) is 47.3 Å². The van der Waals surface area contributed by atoms with Crippen molar-refractivity contribution in [2.75, 3.05) is 81.7 Å². The number of nitrogens with zero attached hydrogens (tertiary/aromatic N) is 7. The lowest BCUT2D eigenvalue weighted by Gasteiger charge is -2.40. The van der Waals surface area contributed by atoms with Crippen molar-refractivity contribution in [3.05, 3.63) is 0 Å². The minimum absolute atomic E-state index is 0.0786. The summed E-state index contributed by atoms with van der Waals surface area (Å²) in [5.74, 6) is -11.5. The van der Waals surface area contributed by atoms with E-state index in [0.29, 0.717) is 39.3 Å². The summed E-state index contributed by atoms with van der Waals surface area (Å²) in [6.07, 6.45) is -3.80. The normalized spacial score (nSPS) is 27.2. The van der Waals surface area contributed by atoms with Crippen LogP contribution in [0.4, 0.5) is 0 Å². The molecule has 0 aliphatic carbocycles. The molecule has 0 saturated carbocycles. The number of esters is 1. The van der Waals surface area contributed by atoms with Crippen molar-refractivity contribution in [2.45, 2.75) is 229 Å². The number of ether oxygens (including phenoxy) is 2. The second-order valence-corrected chi connectivity index (χ2v) is 28.7. The molecule has 0 radical (unpaired) electrons. The van der Waals surface area contributed by atoms with Crippen LogP contribution in [0.25, 0.3) is 0 Å². The molecule has 2 fully saturated rings. The number of likely N-dealkylation sites (N-methyl/N-ethyl adjacent to an activating group) is 6. The van der Waals surface area contributed by atoms with Gasteiger partial charge in [-0.25, -0.2) is 4.79 Å². The second-order valence-electron chi connectivity index (χ2n) is 28.7. The van der Waals surface area contributed by atoms with E-state index < -0.39 is 162 Å². The van der Waals surface area contributed by atoms with Crippen molar-refractivity contribution in [3.63, 3.8) is 0 Å². The summed E-state index contributed by atoms with van der Waals surface area (Å²) in [7, 11) is 8.17. The van der Waals surface area contributed by atoms with Gasteiger partial charge in [-0.15, -0.1) is 0 Å². The zero-order chi connectivity index (χ0) is 70.7. The molecule has 0 spiro atoms. The Kier molecular flexibility index (Phi) is 33.7. The minimum atomic E-state index is -1.76. The molecule has 0 aromatic heterocycles. The zero-order valence-electron chi connectivity index (χ0n) is 59.9. The topological polar surface area (TPSA) is 317 Å². The van der Waals surface area contributed by atoms with Gasteiger partial charge in [-0.1, -0.05) is 104 Å². The number of nitrogens with one attached hydrogen (secondary N) is 4. The van der Waals surface area contributed by atoms with Crippen LogP contribution in [0, 0.1) is 47.3 Å². The smallest absolute Gasteiger partial charge is 0.329 e. The predicted molar refractivity (Wildman–Crippen MR) is 349 cm³/mol. The van der Waals surface area contributed by atoms with E-state index in [1.807, 2.05) is 69.2 Å². The number of morpholine rings is 1. The summed E-state index contributed by atoms with van der Waals surface area (Å²) < 4.78 is 11.4. The monoisotopic (exact) mass is 1310 g/mol. The third-order valence-corrected chi connectivity index (χ3v) is 17.3. The van der Waals surface area contributed by atoms with Gasteiger partial charge in [0.15, 0.2) is 6.10 Å². The molecule has 2 heterocycles. The van der Waals surface area contributed by atoms with Crippen LogP contribution in [0.5, 0.6) is 0 Å². The van der Waals surface area contributed by atoms with E-state index in [2.05, 4.69) is 26.2 Å². The first kappa shape index (κ1) is 82.1. The van der Waals surface area contributed by atoms with Crippen molar-refractivity contribution < 1.29 is 72.4 Å². The van der Waals surface area contributed by atoms with Crippen molar-refractivity contribution in [1.29, 1.82) is 0 Å². The lowest BCUT2D eigenvalue weighted by molar-refractivity contribution is -0.166. The summed E-state index contributed by atoms with van der Waals surface area (Å²) in [5, 5.41) is 34.7. The molecule has 26 nitrogen and oxygen atoms in total. The van der Waals surface area contributed by atoms with E-state index in [-0.39, 0.29) is 61.7 Å². The molecule has 10 amide bonds. The van der Waals surface area contributed by atoms with Crippen LogP contribution in [0.3, 0.4) is 0 Å². The van der Waals surface area contributed by atoms with E-state index in [1.165, 1.54) is 70.8 Å². The van der Waals surface area contributed by atoms with Crippen LogP contribution in [-0.2, 0) is 62.2 Å². The Labute approximate surface area is 549 Å². The number of carbonyl (C=O) groups is 11. The lowest BCUT2D eigenvalue weighted by Crippen LogP contribution is -2.64. The van der Waals surface area contributed by atoms with Crippen LogP contribution in [-0.4, -0.2) is 264 Å². The number of amides is 10. The number of carbonyl (C=O) groups excluding carboxylic acids is 11. The van der Waals surface area contributed by atoms with Gasteiger partial charge in [0, 0.05) is 55.4 Å². The standard InChI is InChI=1S/C66H119N11O15/c1-36(2)30-46-61(85)73(20)49(33-39(7)8)57(81)67-44(16)66(90)92-56(42(13)14)65(89)74(21)50(34-40(9)10)59(83)69-47(31-37(3)4)62(86)75(22)53(41(11)12)64(88)76(23)54(55(80)43(15)24-25-77-26-28-91-29-27-77)60(84)70-52(45(17)78)63(87)71(18)35-51(79)72(19)48(32-38(5)6)58(82)68-46/h36-50,52-56,78,80H,24-35H2,1-23H3,(H,67,81)(H,68,82)(H,69,83)(H,70,84)/t43-,44+,45?,46+,47+,48+,49+,50+,52+,53+,54+,55?,56-/m1/s1. The predicted octanol–water partition coefficient (Wildman–Crippen LogP) is 2.11. The van der Waals surface area contributed by atoms with Gasteiger partial charge in [0.1, 0.15) is 54.4 Å². The van der Waals surface area contributed by atoms with Gasteiger partial charge in [-0.2, -0.15) is 0 Å². The van der Waals surface area contributed by atoms with Gasteiger partial charge >= 0.3 is 5.97 Å². The Bertz CT molecular complexity index is 2470. The van der Waals surface area contributed by atoms with Crippen molar-refractivity contribution in [1.82, 2.24) is 55.6 Å². The van der Waals surface area contributed by atoms with Crippen molar-refractivity contribution >= 4 is 65.0 Å². The Morgan fingerprint density at radius 3 is 1.30 bits per heavy atom. The molecule has 0 aromatic rings. The summed E-state index contributed by atoms with van der Waals surface area (Å²) >= 11 is 0. The van der Waals surface area contributed by atoms with Gasteiger partial charge in [0.2, 0.25) is 53.2 Å². The summed E-state index contributed by atoms with van der Waals surface area (Å²) in [6.45, 7) is 31.6. The fourth-order valence-electron chi connectivity index (χ4n) is 11.7. The first-order valence-corrected chi connectivity index (χ1v) is 33.2. The van der Waals surface area contributed by atoms with Gasteiger partial charge in [-0.05, 0) is 106 Å². The molecule has 6 N–H and O–H groups in total. The molecule has 13 atom stereocenters. The van der Waals surface area contributed by atoms with E-state index in [9.17, 15) is 48.6 Å². The molecule has 528 valence electrons. The Hall–Kier alpha value is -5.99. The maximum atomic E-state index is 15.3. The van der Waals surface area contributed by atoms with Crippen LogP contribution in [0.1, 0.15) is 156 Å². The lowest BCUT2D eigenvalue weighted by atomic mass is 9.91. The highest BCUT2D eigenvalue weighted by atomic mass is 16.6. The highest BCUT2D eigenvalue weighted by Gasteiger charge is 2.46. The maximum absolute atomic E-state index is 15.3. The summed E-state index contributed by atoms with van der Waals surface area (Å²) in [5.41, 5.74) is 0. The molecule has 0 aromatic carbocycles. The van der Waals surface area contributed by atoms with Gasteiger partial charge in [0.25, 0.3) is 5.91 Å². The molecule has 2 rings (SSSR count). The van der Waals surface area contributed by atoms with Gasteiger partial charge in [0.05, 0.1) is 32.0 Å². The third kappa shape index (κ3) is 24.1. The van der Waals surface area contributed by atoms with E-state index in [0.717, 1.165) is 14.7 Å². The molecule has 2 aliphatic heterocycles. The van der Waals surface area contributed by atoms with Crippen LogP contribution >= 0.6 is 0 Å². The quantitative estimate of drug-likeness (QED) is 0.107. The van der Waals surface area contributed by atoms with Crippen LogP contribution in [0.15, 0.2) is 0 Å². The highest BCUT2D eigenvalue weighted by Crippen LogP contribution is 2.25. The SMILES string of the molecule is CC(C)C[C@@H]1NC(=O)[C@H](CC(C)C)N(C)C(=O)[C@@H](C(C)C)OC(=O)[C@H](C)NC(=O)[C@H](CC(C)C)N(C)C(=O)[C@H](CC(C)C)NC(=O)[C@H](CC(C)C)N(C)C(=O)CN(C)C(=O)[C@H](C(C)O)NC(=O)[C@H](C(O)[C@H](C)CCN2CCOCC2)N(C)C(=O)[C@H](C(C)C)N(C)C1=O. The number of aliphatic hydroxyl groups excluding tert-OH is 2. The first-order valence-electron chi connectivity index (χ1n) is 33.2. The zero-order valence-corrected chi connectivity index (χ0v) is 59.9. The number of cyclic esters (lactones) is 1. The number of hydrogen-bond donors (Lipinski definition) is 6. The van der Waals surface area contributed by atoms with Gasteiger partial charge < -0.3 is 70.4 Å². The Morgan fingerprint density at radius 2 is 0.880 bits per heavy atom.